The number of benzene rings is 1. The van der Waals surface area contributed by atoms with Crippen LogP contribution in [0.1, 0.15) is 30.6 Å². The number of hydrogen-bond acceptors (Lipinski definition) is 3. The molecule has 1 atom stereocenters. The largest absolute Gasteiger partial charge is 0.351 e. The number of amides is 1. The van der Waals surface area contributed by atoms with Crippen LogP contribution in [-0.2, 0) is 0 Å². The van der Waals surface area contributed by atoms with Crippen molar-refractivity contribution in [2.24, 2.45) is 0 Å². The Hall–Kier alpha value is -1.07. The Kier molecular flexibility index (Phi) is 6.31. The third kappa shape index (κ3) is 4.84. The van der Waals surface area contributed by atoms with Gasteiger partial charge in [-0.3, -0.25) is 4.79 Å². The summed E-state index contributed by atoms with van der Waals surface area (Å²) in [6, 6.07) is 4.68. The van der Waals surface area contributed by atoms with Crippen molar-refractivity contribution in [3.63, 3.8) is 0 Å². The molecule has 3 nitrogen and oxygen atoms in total. The van der Waals surface area contributed by atoms with Crippen LogP contribution in [0.4, 0.5) is 4.39 Å². The first kappa shape index (κ1) is 16.0. The van der Waals surface area contributed by atoms with Gasteiger partial charge in [0.05, 0.1) is 5.56 Å². The summed E-state index contributed by atoms with van der Waals surface area (Å²) in [6.07, 6.45) is 1.06. The molecule has 0 aliphatic rings. The Morgan fingerprint density at radius 2 is 2.21 bits per heavy atom. The van der Waals surface area contributed by atoms with E-state index < -0.39 is 11.7 Å². The minimum absolute atomic E-state index is 0.0405. The van der Waals surface area contributed by atoms with Gasteiger partial charge < -0.3 is 10.2 Å². The first-order valence-corrected chi connectivity index (χ1v) is 6.87. The highest BCUT2D eigenvalue weighted by Crippen LogP contribution is 2.13. The van der Waals surface area contributed by atoms with Crippen molar-refractivity contribution in [3.8, 4) is 0 Å². The predicted molar refractivity (Wildman–Crippen MR) is 78.4 cm³/mol. The Balaban J connectivity index is 2.50. The second-order valence-electron chi connectivity index (χ2n) is 4.66. The van der Waals surface area contributed by atoms with E-state index in [0.29, 0.717) is 17.5 Å². The minimum atomic E-state index is -0.523. The van der Waals surface area contributed by atoms with Gasteiger partial charge in [-0.15, -0.1) is 12.6 Å². The van der Waals surface area contributed by atoms with Crippen LogP contribution in [0.5, 0.6) is 0 Å². The average molecular weight is 284 g/mol. The van der Waals surface area contributed by atoms with E-state index in [1.807, 2.05) is 7.05 Å². The molecule has 1 N–H and O–H groups in total. The number of likely N-dealkylation sites (N-methyl/N-ethyl adjacent to an activating group) is 1. The molecule has 0 saturated heterocycles. The fourth-order valence-corrected chi connectivity index (χ4v) is 1.86. The maximum Gasteiger partial charge on any atom is 0.254 e. The van der Waals surface area contributed by atoms with E-state index in [4.69, 9.17) is 0 Å². The van der Waals surface area contributed by atoms with Crippen LogP contribution in [0, 0.1) is 5.82 Å². The van der Waals surface area contributed by atoms with Crippen LogP contribution in [-0.4, -0.2) is 37.0 Å². The summed E-state index contributed by atoms with van der Waals surface area (Å²) in [6.45, 7) is 5.48. The van der Waals surface area contributed by atoms with E-state index in [9.17, 15) is 9.18 Å². The van der Waals surface area contributed by atoms with Crippen LogP contribution in [0.25, 0.3) is 0 Å². The van der Waals surface area contributed by atoms with Crippen LogP contribution in [0.2, 0.25) is 0 Å². The molecule has 5 heteroatoms. The lowest BCUT2D eigenvalue weighted by molar-refractivity contribution is 0.0943. The van der Waals surface area contributed by atoms with Crippen molar-refractivity contribution in [3.05, 3.63) is 29.6 Å². The van der Waals surface area contributed by atoms with Gasteiger partial charge in [0.25, 0.3) is 5.91 Å². The van der Waals surface area contributed by atoms with E-state index in [0.717, 1.165) is 13.0 Å². The number of nitrogens with zero attached hydrogens (tertiary/aromatic N) is 1. The summed E-state index contributed by atoms with van der Waals surface area (Å²) in [5.41, 5.74) is 0.0405. The van der Waals surface area contributed by atoms with Crippen molar-refractivity contribution in [2.45, 2.75) is 31.2 Å². The van der Waals surface area contributed by atoms with Gasteiger partial charge in [0.15, 0.2) is 0 Å². The van der Waals surface area contributed by atoms with E-state index in [-0.39, 0.29) is 5.56 Å². The van der Waals surface area contributed by atoms with Crippen LogP contribution >= 0.6 is 12.6 Å². The van der Waals surface area contributed by atoms with E-state index in [2.05, 4.69) is 36.7 Å². The van der Waals surface area contributed by atoms with Gasteiger partial charge in [0.2, 0.25) is 0 Å². The fourth-order valence-electron chi connectivity index (χ4n) is 1.66. The minimum Gasteiger partial charge on any atom is -0.351 e. The molecule has 1 aromatic carbocycles. The lowest BCUT2D eigenvalue weighted by Gasteiger charge is -2.23. The van der Waals surface area contributed by atoms with Crippen molar-refractivity contribution in [2.75, 3.05) is 20.1 Å². The molecule has 0 bridgehead atoms. The summed E-state index contributed by atoms with van der Waals surface area (Å²) in [7, 11) is 2.01. The summed E-state index contributed by atoms with van der Waals surface area (Å²) >= 11 is 4.10. The second kappa shape index (κ2) is 7.50. The predicted octanol–water partition coefficient (Wildman–Crippen LogP) is 2.57. The Morgan fingerprint density at radius 1 is 1.53 bits per heavy atom. The summed E-state index contributed by atoms with van der Waals surface area (Å²) in [5, 5.41) is 2.72. The molecule has 1 rings (SSSR count). The van der Waals surface area contributed by atoms with Gasteiger partial charge in [0, 0.05) is 24.0 Å². The molecule has 0 heterocycles. The smallest absolute Gasteiger partial charge is 0.254 e. The maximum atomic E-state index is 13.5. The quantitative estimate of drug-likeness (QED) is 0.787. The summed E-state index contributed by atoms with van der Waals surface area (Å²) in [4.78, 5) is 14.6. The molecule has 19 heavy (non-hydrogen) atoms. The number of halogens is 1. The summed E-state index contributed by atoms with van der Waals surface area (Å²) in [5.74, 6) is -0.920. The molecule has 1 amide bonds. The number of rotatable bonds is 6. The van der Waals surface area contributed by atoms with Crippen molar-refractivity contribution >= 4 is 18.5 Å². The summed E-state index contributed by atoms with van der Waals surface area (Å²) < 4.78 is 13.5. The Morgan fingerprint density at radius 3 is 2.84 bits per heavy atom. The molecule has 0 spiro atoms. The zero-order valence-electron chi connectivity index (χ0n) is 11.6. The fraction of sp³-hybridized carbons (Fsp3) is 0.500. The van der Waals surface area contributed by atoms with E-state index in [1.54, 1.807) is 0 Å². The van der Waals surface area contributed by atoms with Gasteiger partial charge in [-0.2, -0.15) is 0 Å². The lowest BCUT2D eigenvalue weighted by Crippen LogP contribution is -2.37. The standard InChI is InChI=1S/C14H21FN2OS/c1-4-10(2)17(3)8-7-16-14(18)12-9-11(19)5-6-13(12)15/h5-6,9-10,19H,4,7-8H2,1-3H3,(H,16,18). The molecule has 1 aromatic rings. The van der Waals surface area contributed by atoms with Crippen molar-refractivity contribution in [1.82, 2.24) is 10.2 Å². The molecule has 106 valence electrons. The third-order valence-corrected chi connectivity index (χ3v) is 3.57. The monoisotopic (exact) mass is 284 g/mol. The SMILES string of the molecule is CCC(C)N(C)CCNC(=O)c1cc(S)ccc1F. The highest BCUT2D eigenvalue weighted by atomic mass is 32.1. The molecule has 0 aliphatic carbocycles. The number of carbonyl (C=O) groups is 1. The van der Waals surface area contributed by atoms with Crippen LogP contribution < -0.4 is 5.32 Å². The van der Waals surface area contributed by atoms with E-state index >= 15 is 0 Å². The van der Waals surface area contributed by atoms with Gasteiger partial charge >= 0.3 is 0 Å². The molecule has 0 aromatic heterocycles. The van der Waals surface area contributed by atoms with Crippen molar-refractivity contribution in [1.29, 1.82) is 0 Å². The molecule has 1 unspecified atom stereocenters. The molecule has 0 fully saturated rings. The molecular weight excluding hydrogens is 263 g/mol. The molecular formula is C14H21FN2OS. The van der Waals surface area contributed by atoms with Crippen LogP contribution in [0.15, 0.2) is 23.1 Å². The van der Waals surface area contributed by atoms with Gasteiger partial charge in [-0.05, 0) is 38.6 Å². The number of hydrogen-bond donors (Lipinski definition) is 2. The Labute approximate surface area is 119 Å². The molecule has 0 radical (unpaired) electrons. The van der Waals surface area contributed by atoms with Crippen LogP contribution in [0.3, 0.4) is 0 Å². The lowest BCUT2D eigenvalue weighted by atomic mass is 10.2. The molecule has 0 saturated carbocycles. The van der Waals surface area contributed by atoms with Gasteiger partial charge in [-0.1, -0.05) is 6.92 Å². The first-order valence-electron chi connectivity index (χ1n) is 6.42. The normalized spacial score (nSPS) is 12.5. The maximum absolute atomic E-state index is 13.5. The zero-order valence-corrected chi connectivity index (χ0v) is 12.5. The van der Waals surface area contributed by atoms with Gasteiger partial charge in [0.1, 0.15) is 5.82 Å². The highest BCUT2D eigenvalue weighted by molar-refractivity contribution is 7.80. The zero-order chi connectivity index (χ0) is 14.4. The second-order valence-corrected chi connectivity index (χ2v) is 5.17. The average Bonchev–Trinajstić information content (AvgIpc) is 2.40. The first-order chi connectivity index (χ1) is 8.95. The Bertz CT molecular complexity index is 439. The third-order valence-electron chi connectivity index (χ3n) is 3.29. The number of carbonyl (C=O) groups excluding carboxylic acids is 1. The van der Waals surface area contributed by atoms with Crippen molar-refractivity contribution < 1.29 is 9.18 Å². The van der Waals surface area contributed by atoms with Gasteiger partial charge in [-0.25, -0.2) is 4.39 Å². The number of thiol groups is 1. The number of nitrogens with one attached hydrogen (secondary N) is 1. The molecule has 0 aliphatic heterocycles. The topological polar surface area (TPSA) is 32.3 Å². The highest BCUT2D eigenvalue weighted by Gasteiger charge is 2.12. The van der Waals surface area contributed by atoms with E-state index in [1.165, 1.54) is 18.2 Å².